The third-order valence-electron chi connectivity index (χ3n) is 12.7. The van der Waals surface area contributed by atoms with Crippen molar-refractivity contribution in [2.24, 2.45) is 5.92 Å². The third-order valence-corrected chi connectivity index (χ3v) is 12.7. The predicted molar refractivity (Wildman–Crippen MR) is 211 cm³/mol. The molecule has 252 valence electrons. The summed E-state index contributed by atoms with van der Waals surface area (Å²) >= 11 is 0. The molecule has 6 aliphatic rings. The minimum absolute atomic E-state index is 0.167. The van der Waals surface area contributed by atoms with Gasteiger partial charge >= 0.3 is 0 Å². The van der Waals surface area contributed by atoms with Crippen molar-refractivity contribution in [1.29, 1.82) is 0 Å². The number of nitrogens with zero attached hydrogens (tertiary/aromatic N) is 2. The second kappa shape index (κ2) is 12.8. The fourth-order valence-electron chi connectivity index (χ4n) is 10.3. The first-order valence-corrected chi connectivity index (χ1v) is 19.6. The molecule has 3 nitrogen and oxygen atoms in total. The lowest BCUT2D eigenvalue weighted by molar-refractivity contribution is 0.293. The highest BCUT2D eigenvalue weighted by Crippen LogP contribution is 2.52. The van der Waals surface area contributed by atoms with Crippen LogP contribution in [0.25, 0.3) is 38.6 Å². The van der Waals surface area contributed by atoms with Gasteiger partial charge in [-0.15, -0.1) is 0 Å². The van der Waals surface area contributed by atoms with Gasteiger partial charge in [-0.3, -0.25) is 5.32 Å². The number of anilines is 1. The van der Waals surface area contributed by atoms with Crippen LogP contribution in [0.2, 0.25) is 0 Å². The molecule has 4 aromatic rings. The monoisotopic (exact) mass is 655 g/mol. The van der Waals surface area contributed by atoms with Crippen LogP contribution in [0.4, 0.5) is 5.69 Å². The Balaban J connectivity index is 1.10. The van der Waals surface area contributed by atoms with Crippen molar-refractivity contribution in [2.75, 3.05) is 4.90 Å². The number of hydrogen-bond acceptors (Lipinski definition) is 2. The van der Waals surface area contributed by atoms with Gasteiger partial charge in [-0.2, -0.15) is 0 Å². The van der Waals surface area contributed by atoms with Crippen molar-refractivity contribution in [3.8, 4) is 11.1 Å². The summed E-state index contributed by atoms with van der Waals surface area (Å²) in [4.78, 5) is 2.78. The van der Waals surface area contributed by atoms with Crippen LogP contribution in [0.1, 0.15) is 88.5 Å². The minimum atomic E-state index is 0.167. The van der Waals surface area contributed by atoms with E-state index in [1.165, 1.54) is 94.8 Å². The first kappa shape index (κ1) is 30.5. The number of fused-ring (bicyclic) bond motifs is 6. The molecule has 1 N–H and O–H groups in total. The third kappa shape index (κ3) is 5.11. The van der Waals surface area contributed by atoms with Gasteiger partial charge in [0.15, 0.2) is 0 Å². The molecule has 5 unspecified atom stereocenters. The quantitative estimate of drug-likeness (QED) is 0.216. The Morgan fingerprint density at radius 2 is 1.68 bits per heavy atom. The Morgan fingerprint density at radius 3 is 2.56 bits per heavy atom. The van der Waals surface area contributed by atoms with Crippen LogP contribution in [-0.2, 0) is 0 Å². The summed E-state index contributed by atoms with van der Waals surface area (Å²) in [6.45, 7) is 0. The van der Waals surface area contributed by atoms with Crippen LogP contribution < -0.4 is 10.2 Å². The maximum absolute atomic E-state index is 4.27. The summed E-state index contributed by atoms with van der Waals surface area (Å²) in [7, 11) is 0. The Labute approximate surface area is 297 Å². The maximum atomic E-state index is 4.27. The van der Waals surface area contributed by atoms with E-state index in [1.807, 2.05) is 0 Å². The Morgan fingerprint density at radius 1 is 0.740 bits per heavy atom. The fourth-order valence-corrected chi connectivity index (χ4v) is 10.3. The molecule has 4 aliphatic carbocycles. The Hall–Kier alpha value is -4.34. The van der Waals surface area contributed by atoms with E-state index in [4.69, 9.17) is 0 Å². The van der Waals surface area contributed by atoms with Gasteiger partial charge in [0.05, 0.1) is 17.1 Å². The van der Waals surface area contributed by atoms with E-state index in [2.05, 4.69) is 130 Å². The molecule has 1 aromatic heterocycles. The average molecular weight is 656 g/mol. The van der Waals surface area contributed by atoms with Crippen molar-refractivity contribution in [1.82, 2.24) is 9.88 Å². The molecule has 50 heavy (non-hydrogen) atoms. The van der Waals surface area contributed by atoms with E-state index >= 15 is 0 Å². The lowest BCUT2D eigenvalue weighted by atomic mass is 9.80. The summed E-state index contributed by atoms with van der Waals surface area (Å²) in [5.41, 5.74) is 12.9. The number of aromatic nitrogens is 1. The van der Waals surface area contributed by atoms with Gasteiger partial charge < -0.3 is 9.47 Å². The van der Waals surface area contributed by atoms with E-state index < -0.39 is 0 Å². The van der Waals surface area contributed by atoms with Gasteiger partial charge in [-0.25, -0.2) is 0 Å². The molecule has 2 aliphatic heterocycles. The molecular formula is C47H49N3. The molecule has 0 spiro atoms. The van der Waals surface area contributed by atoms with Gasteiger partial charge in [-0.05, 0) is 135 Å². The zero-order chi connectivity index (χ0) is 33.0. The number of rotatable bonds is 5. The number of para-hydroxylation sites is 1. The molecule has 0 fully saturated rings. The Kier molecular flexibility index (Phi) is 7.78. The number of nitrogens with one attached hydrogen (secondary N) is 1. The zero-order valence-electron chi connectivity index (χ0n) is 29.2. The van der Waals surface area contributed by atoms with E-state index in [9.17, 15) is 0 Å². The summed E-state index contributed by atoms with van der Waals surface area (Å²) in [5, 5.41) is 6.99. The molecule has 3 heterocycles. The average Bonchev–Trinajstić information content (AvgIpc) is 3.71. The largest absolute Gasteiger partial charge is 0.345 e. The van der Waals surface area contributed by atoms with E-state index in [1.54, 1.807) is 11.1 Å². The fraction of sp³-hybridized carbons (Fsp3) is 0.362. The lowest BCUT2D eigenvalue weighted by Crippen LogP contribution is -2.56. The first-order chi connectivity index (χ1) is 24.8. The van der Waals surface area contributed by atoms with Gasteiger partial charge in [0, 0.05) is 34.1 Å². The molecule has 0 saturated carbocycles. The molecule has 3 aromatic carbocycles. The summed E-state index contributed by atoms with van der Waals surface area (Å²) in [6.07, 6.45) is 36.7. The van der Waals surface area contributed by atoms with Crippen LogP contribution in [0.5, 0.6) is 0 Å². The van der Waals surface area contributed by atoms with Gasteiger partial charge in [0.1, 0.15) is 6.17 Å². The van der Waals surface area contributed by atoms with Crippen LogP contribution in [-0.4, -0.2) is 22.8 Å². The highest BCUT2D eigenvalue weighted by atomic mass is 15.3. The van der Waals surface area contributed by atoms with Crippen LogP contribution in [0.3, 0.4) is 0 Å². The van der Waals surface area contributed by atoms with Crippen LogP contribution in [0.15, 0.2) is 126 Å². The van der Waals surface area contributed by atoms with Crippen molar-refractivity contribution in [3.05, 3.63) is 132 Å². The van der Waals surface area contributed by atoms with Crippen molar-refractivity contribution in [3.63, 3.8) is 0 Å². The van der Waals surface area contributed by atoms with E-state index in [-0.39, 0.29) is 6.17 Å². The number of allylic oxidation sites excluding steroid dienone is 9. The minimum Gasteiger partial charge on any atom is -0.345 e. The second-order valence-electron chi connectivity index (χ2n) is 15.6. The normalized spacial score (nSPS) is 27.6. The maximum Gasteiger partial charge on any atom is 0.100 e. The molecule has 5 atom stereocenters. The van der Waals surface area contributed by atoms with Crippen molar-refractivity contribution >= 4 is 33.2 Å². The Bertz CT molecular complexity index is 2150. The lowest BCUT2D eigenvalue weighted by Gasteiger charge is -2.43. The van der Waals surface area contributed by atoms with E-state index in [0.717, 1.165) is 32.1 Å². The molecule has 0 bridgehead atoms. The molecular weight excluding hydrogens is 607 g/mol. The number of benzene rings is 3. The van der Waals surface area contributed by atoms with Gasteiger partial charge in [0.2, 0.25) is 0 Å². The SMILES string of the molecule is C1=CC(C2=CC(N3c4cccc(-c5ccc6c7ccccc7n(C7=CCCCC7)c6c5)c4C4CCC=CC43)NC(C3CC=CCC3)C2)=CCC1. The van der Waals surface area contributed by atoms with Crippen LogP contribution >= 0.6 is 0 Å². The van der Waals surface area contributed by atoms with Crippen molar-refractivity contribution in [2.45, 2.75) is 101 Å². The number of hydrogen-bond donors (Lipinski definition) is 1. The molecule has 0 saturated heterocycles. The molecule has 3 heteroatoms. The van der Waals surface area contributed by atoms with Crippen molar-refractivity contribution < 1.29 is 0 Å². The van der Waals surface area contributed by atoms with Gasteiger partial charge in [-0.1, -0.05) is 91.1 Å². The first-order valence-electron chi connectivity index (χ1n) is 19.6. The second-order valence-corrected chi connectivity index (χ2v) is 15.6. The van der Waals surface area contributed by atoms with Crippen LogP contribution in [0, 0.1) is 5.92 Å². The summed E-state index contributed by atoms with van der Waals surface area (Å²) in [5.74, 6) is 1.17. The molecule has 0 radical (unpaired) electrons. The molecule has 10 rings (SSSR count). The highest BCUT2D eigenvalue weighted by molar-refractivity contribution is 6.11. The van der Waals surface area contributed by atoms with E-state index in [0.29, 0.717) is 23.9 Å². The zero-order valence-corrected chi connectivity index (χ0v) is 29.2. The predicted octanol–water partition coefficient (Wildman–Crippen LogP) is 11.7. The summed E-state index contributed by atoms with van der Waals surface area (Å²) < 4.78 is 2.59. The van der Waals surface area contributed by atoms with Gasteiger partial charge in [0.25, 0.3) is 0 Å². The molecule has 0 amide bonds. The summed E-state index contributed by atoms with van der Waals surface area (Å²) in [6, 6.07) is 24.4. The smallest absolute Gasteiger partial charge is 0.100 e. The highest BCUT2D eigenvalue weighted by Gasteiger charge is 2.44. The topological polar surface area (TPSA) is 20.2 Å². The standard InChI is InChI=1S/C47H49N3/c1-4-15-32(16-5-1)35-29-41(33-17-6-2-7-18-33)48-46(31-35)50-43-25-13-11-22-40(43)47-37(23-14-26-44(47)50)34-27-28-39-38-21-10-12-24-42(38)49(45(39)30-34)36-19-8-3-9-20-36/h2,4,6,10,12-16,19,21,23-28,30-31,33,40-41,43,46,48H,1,3,5,7-9,11,17-18,20,22,29H2.